The standard InChI is InChI=1S/C23H29ClN8O/c1-15(30-23(27-13-25)20-16(2)28-14-29-20)18-12-19(24)17-4-3-5-26-21(17)22(18)32-8-6-31(7-9-32)10-11-33/h3-5,12-15,30,33H,2,6-11H2,1H3,(H2,25,27)(H,28,29)/b23-20-. The maximum Gasteiger partial charge on any atom is 0.156 e. The lowest BCUT2D eigenvalue weighted by Gasteiger charge is -2.38. The second kappa shape index (κ2) is 10.2. The van der Waals surface area contributed by atoms with Crippen molar-refractivity contribution >= 4 is 46.9 Å². The number of nitrogens with one attached hydrogen (secondary N) is 2. The molecular weight excluding hydrogens is 440 g/mol. The Kier molecular flexibility index (Phi) is 7.12. The van der Waals surface area contributed by atoms with E-state index in [2.05, 4.69) is 36.7 Å². The molecule has 0 aliphatic carbocycles. The van der Waals surface area contributed by atoms with Gasteiger partial charge in [-0.25, -0.2) is 9.98 Å². The van der Waals surface area contributed by atoms with Crippen molar-refractivity contribution in [2.24, 2.45) is 10.7 Å². The Hall–Kier alpha value is -3.14. The summed E-state index contributed by atoms with van der Waals surface area (Å²) in [4.78, 5) is 20.9. The van der Waals surface area contributed by atoms with Crippen LogP contribution >= 0.6 is 11.6 Å². The van der Waals surface area contributed by atoms with Crippen LogP contribution in [0, 0.1) is 0 Å². The molecule has 1 aromatic carbocycles. The molecule has 0 spiro atoms. The summed E-state index contributed by atoms with van der Waals surface area (Å²) < 4.78 is 0. The lowest BCUT2D eigenvalue weighted by molar-refractivity contribution is 0.189. The van der Waals surface area contributed by atoms with Crippen molar-refractivity contribution < 1.29 is 5.11 Å². The summed E-state index contributed by atoms with van der Waals surface area (Å²) >= 11 is 6.70. The average Bonchev–Trinajstić information content (AvgIpc) is 3.25. The number of hydrogen-bond donors (Lipinski definition) is 4. The van der Waals surface area contributed by atoms with Crippen LogP contribution in [0.2, 0.25) is 5.02 Å². The fraction of sp³-hybridized carbons (Fsp3) is 0.348. The summed E-state index contributed by atoms with van der Waals surface area (Å²) in [6, 6.07) is 5.72. The van der Waals surface area contributed by atoms with Gasteiger partial charge in [0.2, 0.25) is 0 Å². The summed E-state index contributed by atoms with van der Waals surface area (Å²) in [6.45, 7) is 10.3. The van der Waals surface area contributed by atoms with E-state index in [1.54, 1.807) is 12.5 Å². The molecule has 1 unspecified atom stereocenters. The molecule has 1 aliphatic heterocycles. The number of aromatic amines is 1. The van der Waals surface area contributed by atoms with E-state index < -0.39 is 0 Å². The van der Waals surface area contributed by atoms with Gasteiger partial charge in [-0.15, -0.1) is 0 Å². The third kappa shape index (κ3) is 4.80. The zero-order chi connectivity index (χ0) is 23.4. The summed E-state index contributed by atoms with van der Waals surface area (Å²) in [5.74, 6) is 0.521. The summed E-state index contributed by atoms with van der Waals surface area (Å²) in [7, 11) is 0. The van der Waals surface area contributed by atoms with Crippen LogP contribution in [0.3, 0.4) is 0 Å². The molecule has 10 heteroatoms. The first-order valence-electron chi connectivity index (χ1n) is 10.9. The maximum atomic E-state index is 9.29. The van der Waals surface area contributed by atoms with E-state index in [9.17, 15) is 5.11 Å². The lowest BCUT2D eigenvalue weighted by atomic mass is 10.0. The number of anilines is 1. The summed E-state index contributed by atoms with van der Waals surface area (Å²) in [5.41, 5.74) is 8.53. The number of pyridine rings is 1. The Morgan fingerprint density at radius 1 is 1.39 bits per heavy atom. The third-order valence-electron chi connectivity index (χ3n) is 5.92. The van der Waals surface area contributed by atoms with Gasteiger partial charge in [0.05, 0.1) is 46.9 Å². The number of nitrogens with zero attached hydrogens (tertiary/aromatic N) is 5. The van der Waals surface area contributed by atoms with Gasteiger partial charge >= 0.3 is 0 Å². The summed E-state index contributed by atoms with van der Waals surface area (Å²) in [6.07, 6.45) is 4.60. The van der Waals surface area contributed by atoms with Gasteiger partial charge in [-0.2, -0.15) is 0 Å². The number of rotatable bonds is 7. The predicted octanol–water partition coefficient (Wildman–Crippen LogP) is 0.539. The minimum absolute atomic E-state index is 0.166. The zero-order valence-corrected chi connectivity index (χ0v) is 19.4. The largest absolute Gasteiger partial charge is 0.395 e. The highest BCUT2D eigenvalue weighted by Crippen LogP contribution is 2.38. The molecule has 33 heavy (non-hydrogen) atoms. The summed E-state index contributed by atoms with van der Waals surface area (Å²) in [5, 5.41) is 15.5. The number of halogens is 1. The van der Waals surface area contributed by atoms with Gasteiger partial charge in [0.1, 0.15) is 5.35 Å². The highest BCUT2D eigenvalue weighted by atomic mass is 35.5. The smallest absolute Gasteiger partial charge is 0.156 e. The number of aliphatic hydroxyl groups excluding tert-OH is 1. The number of β-amino-alcohol motifs (C(OH)–C–C–N with tert-alkyl or cyclic N) is 1. The number of aromatic nitrogens is 3. The second-order valence-corrected chi connectivity index (χ2v) is 8.38. The molecule has 1 aliphatic rings. The molecular formula is C23H29ClN8O. The van der Waals surface area contributed by atoms with Gasteiger partial charge in [-0.1, -0.05) is 18.2 Å². The quantitative estimate of drug-likeness (QED) is 0.295. The molecule has 1 fully saturated rings. The molecule has 3 heterocycles. The molecule has 5 N–H and O–H groups in total. The highest BCUT2D eigenvalue weighted by Gasteiger charge is 2.25. The monoisotopic (exact) mass is 468 g/mol. The SMILES string of the molecule is C=c1[nH]cn/c1=C(/N=C\N)NC(C)c1cc(Cl)c2cccnc2c1N1CCN(CCO)CC1. The Balaban J connectivity index is 1.78. The molecule has 1 atom stereocenters. The van der Waals surface area contributed by atoms with Crippen molar-refractivity contribution in [3.05, 3.63) is 52.0 Å². The Bertz CT molecular complexity index is 1250. The Labute approximate surface area is 197 Å². The minimum atomic E-state index is -0.172. The van der Waals surface area contributed by atoms with Crippen LogP contribution in [0.15, 0.2) is 35.7 Å². The van der Waals surface area contributed by atoms with E-state index in [0.717, 1.165) is 48.3 Å². The van der Waals surface area contributed by atoms with Crippen LogP contribution in [-0.4, -0.2) is 70.6 Å². The molecule has 174 valence electrons. The van der Waals surface area contributed by atoms with Crippen molar-refractivity contribution in [3.63, 3.8) is 0 Å². The fourth-order valence-corrected chi connectivity index (χ4v) is 4.52. The number of fused-ring (bicyclic) bond motifs is 1. The normalized spacial score (nSPS) is 17.0. The molecule has 9 nitrogen and oxygen atoms in total. The van der Waals surface area contributed by atoms with Gasteiger partial charge in [0.25, 0.3) is 0 Å². The van der Waals surface area contributed by atoms with Crippen molar-refractivity contribution in [1.82, 2.24) is 25.2 Å². The lowest BCUT2D eigenvalue weighted by Crippen LogP contribution is -2.47. The first-order valence-corrected chi connectivity index (χ1v) is 11.3. The van der Waals surface area contributed by atoms with Crippen LogP contribution in [0.5, 0.6) is 0 Å². The maximum absolute atomic E-state index is 9.29. The number of benzene rings is 1. The number of piperazine rings is 1. The number of aliphatic imine (C=N–C) groups is 1. The van der Waals surface area contributed by atoms with Crippen LogP contribution in [0.4, 0.5) is 5.69 Å². The zero-order valence-electron chi connectivity index (χ0n) is 18.6. The van der Waals surface area contributed by atoms with E-state index in [1.807, 2.05) is 25.1 Å². The molecule has 0 radical (unpaired) electrons. The second-order valence-electron chi connectivity index (χ2n) is 7.97. The number of aliphatic hydroxyl groups is 1. The molecule has 2 aromatic heterocycles. The van der Waals surface area contributed by atoms with Gasteiger partial charge in [-0.05, 0) is 25.1 Å². The first-order chi connectivity index (χ1) is 16.0. The molecule has 0 amide bonds. The van der Waals surface area contributed by atoms with Crippen molar-refractivity contribution in [3.8, 4) is 0 Å². The molecule has 3 aromatic rings. The first kappa shape index (κ1) is 23.0. The Morgan fingerprint density at radius 3 is 2.85 bits per heavy atom. The number of nitrogens with two attached hydrogens (primary N) is 1. The number of hydrogen-bond acceptors (Lipinski definition) is 7. The fourth-order valence-electron chi connectivity index (χ4n) is 4.25. The van der Waals surface area contributed by atoms with Gasteiger partial charge in [-0.3, -0.25) is 9.88 Å². The highest BCUT2D eigenvalue weighted by molar-refractivity contribution is 6.36. The van der Waals surface area contributed by atoms with E-state index in [1.165, 1.54) is 6.34 Å². The van der Waals surface area contributed by atoms with Gasteiger partial charge in [0, 0.05) is 49.9 Å². The average molecular weight is 469 g/mol. The number of imidazole rings is 1. The van der Waals surface area contributed by atoms with Crippen LogP contribution in [0.25, 0.3) is 23.3 Å². The molecule has 0 saturated carbocycles. The molecule has 1 saturated heterocycles. The molecule has 4 rings (SSSR count). The van der Waals surface area contributed by atoms with Crippen LogP contribution < -0.4 is 26.6 Å². The van der Waals surface area contributed by atoms with Gasteiger partial charge in [0.15, 0.2) is 5.82 Å². The van der Waals surface area contributed by atoms with E-state index in [0.29, 0.717) is 28.1 Å². The topological polar surface area (TPSA) is 119 Å². The third-order valence-corrected chi connectivity index (χ3v) is 6.23. The van der Waals surface area contributed by atoms with E-state index in [-0.39, 0.29) is 12.6 Å². The van der Waals surface area contributed by atoms with Crippen molar-refractivity contribution in [2.75, 3.05) is 44.2 Å². The van der Waals surface area contributed by atoms with E-state index >= 15 is 0 Å². The van der Waals surface area contributed by atoms with Crippen LogP contribution in [0.1, 0.15) is 18.5 Å². The molecule has 0 bridgehead atoms. The van der Waals surface area contributed by atoms with E-state index in [4.69, 9.17) is 22.3 Å². The Morgan fingerprint density at radius 2 is 2.18 bits per heavy atom. The van der Waals surface area contributed by atoms with Crippen molar-refractivity contribution in [2.45, 2.75) is 13.0 Å². The van der Waals surface area contributed by atoms with Crippen LogP contribution in [-0.2, 0) is 0 Å². The minimum Gasteiger partial charge on any atom is -0.395 e. The number of H-pyrrole nitrogens is 1. The van der Waals surface area contributed by atoms with Gasteiger partial charge < -0.3 is 26.0 Å². The predicted molar refractivity (Wildman–Crippen MR) is 133 cm³/mol. The van der Waals surface area contributed by atoms with Crippen molar-refractivity contribution in [1.29, 1.82) is 0 Å².